The lowest BCUT2D eigenvalue weighted by molar-refractivity contribution is -0.384. The maximum atomic E-state index is 13.8. The van der Waals surface area contributed by atoms with E-state index in [1.54, 1.807) is 23.1 Å². The Hall–Kier alpha value is -4.40. The summed E-state index contributed by atoms with van der Waals surface area (Å²) in [4.78, 5) is 26.6. The normalized spacial score (nSPS) is 15.6. The molecule has 1 fully saturated rings. The number of carbonyl (C=O) groups is 1. The van der Waals surface area contributed by atoms with Crippen LogP contribution >= 0.6 is 0 Å². The van der Waals surface area contributed by atoms with Gasteiger partial charge in [0.1, 0.15) is 5.82 Å². The number of halogens is 1. The standard InChI is InChI=1S/C27H23FN4O4/c28-20-10-6-9-19(15-20)26-30-29-25(36-26)17-21-11-4-5-14-31(21)27(33)24-16-22(32(34)35)12-13-23(24)18-7-2-1-3-8-18/h1-3,6-10,12-13,15-16,21H,4-5,11,14,17H2/t21-/m0/s1. The Morgan fingerprint density at radius 2 is 1.83 bits per heavy atom. The Kier molecular flexibility index (Phi) is 6.53. The molecule has 1 saturated heterocycles. The van der Waals surface area contributed by atoms with E-state index >= 15 is 0 Å². The predicted octanol–water partition coefficient (Wildman–Crippen LogP) is 5.69. The van der Waals surface area contributed by atoms with E-state index in [1.165, 1.54) is 24.3 Å². The number of nitro groups is 1. The number of hydrogen-bond donors (Lipinski definition) is 0. The largest absolute Gasteiger partial charge is 0.421 e. The predicted molar refractivity (Wildman–Crippen MR) is 131 cm³/mol. The Balaban J connectivity index is 1.44. The molecule has 0 N–H and O–H groups in total. The topological polar surface area (TPSA) is 102 Å². The number of nitro benzene ring substituents is 1. The van der Waals surface area contributed by atoms with Gasteiger partial charge in [0.2, 0.25) is 11.8 Å². The zero-order valence-electron chi connectivity index (χ0n) is 19.3. The first-order valence-electron chi connectivity index (χ1n) is 11.7. The first-order valence-corrected chi connectivity index (χ1v) is 11.7. The van der Waals surface area contributed by atoms with Crippen LogP contribution in [0, 0.1) is 15.9 Å². The summed E-state index contributed by atoms with van der Waals surface area (Å²) >= 11 is 0. The average Bonchev–Trinajstić information content (AvgIpc) is 3.37. The van der Waals surface area contributed by atoms with Crippen LogP contribution in [0.25, 0.3) is 22.6 Å². The molecule has 0 bridgehead atoms. The molecule has 1 aliphatic rings. The molecule has 4 aromatic rings. The van der Waals surface area contributed by atoms with E-state index in [0.717, 1.165) is 24.8 Å². The van der Waals surface area contributed by atoms with Crippen LogP contribution in [0.5, 0.6) is 0 Å². The van der Waals surface area contributed by atoms with Crippen LogP contribution in [-0.4, -0.2) is 38.5 Å². The molecule has 5 rings (SSSR count). The maximum Gasteiger partial charge on any atom is 0.270 e. The molecule has 2 heterocycles. The number of carbonyl (C=O) groups excluding carboxylic acids is 1. The van der Waals surface area contributed by atoms with Crippen LogP contribution < -0.4 is 0 Å². The van der Waals surface area contributed by atoms with Crippen molar-refractivity contribution in [3.05, 3.63) is 100 Å². The van der Waals surface area contributed by atoms with Gasteiger partial charge in [-0.3, -0.25) is 14.9 Å². The first kappa shape index (κ1) is 23.3. The number of benzene rings is 3. The minimum Gasteiger partial charge on any atom is -0.421 e. The Labute approximate surface area is 206 Å². The Bertz CT molecular complexity index is 1410. The summed E-state index contributed by atoms with van der Waals surface area (Å²) in [5, 5.41) is 19.6. The highest BCUT2D eigenvalue weighted by atomic mass is 19.1. The van der Waals surface area contributed by atoms with Gasteiger partial charge in [0.25, 0.3) is 11.6 Å². The summed E-state index contributed by atoms with van der Waals surface area (Å²) in [6.45, 7) is 0.519. The van der Waals surface area contributed by atoms with Crippen molar-refractivity contribution < 1.29 is 18.5 Å². The minimum absolute atomic E-state index is 0.136. The molecule has 36 heavy (non-hydrogen) atoms. The summed E-state index contributed by atoms with van der Waals surface area (Å²) in [5.74, 6) is -0.112. The van der Waals surface area contributed by atoms with Gasteiger partial charge in [-0.2, -0.15) is 0 Å². The minimum atomic E-state index is -0.494. The third kappa shape index (κ3) is 4.86. The molecule has 0 unspecified atom stereocenters. The fraction of sp³-hybridized carbons (Fsp3) is 0.222. The van der Waals surface area contributed by atoms with Gasteiger partial charge in [-0.25, -0.2) is 4.39 Å². The van der Waals surface area contributed by atoms with Crippen LogP contribution in [0.3, 0.4) is 0 Å². The van der Waals surface area contributed by atoms with Crippen molar-refractivity contribution in [3.8, 4) is 22.6 Å². The molecule has 3 aromatic carbocycles. The molecule has 1 aromatic heterocycles. The molecule has 0 saturated carbocycles. The van der Waals surface area contributed by atoms with E-state index in [9.17, 15) is 19.3 Å². The van der Waals surface area contributed by atoms with E-state index < -0.39 is 10.7 Å². The first-order chi connectivity index (χ1) is 17.5. The second-order valence-corrected chi connectivity index (χ2v) is 8.72. The zero-order chi connectivity index (χ0) is 25.1. The van der Waals surface area contributed by atoms with Crippen LogP contribution in [0.2, 0.25) is 0 Å². The van der Waals surface area contributed by atoms with Gasteiger partial charge in [0.05, 0.1) is 10.5 Å². The quantitative estimate of drug-likeness (QED) is 0.256. The summed E-state index contributed by atoms with van der Waals surface area (Å²) in [6, 6.07) is 19.4. The summed E-state index contributed by atoms with van der Waals surface area (Å²) in [7, 11) is 0. The third-order valence-corrected chi connectivity index (χ3v) is 6.37. The number of likely N-dealkylation sites (tertiary alicyclic amines) is 1. The van der Waals surface area contributed by atoms with Crippen LogP contribution in [0.15, 0.2) is 77.2 Å². The average molecular weight is 487 g/mol. The molecule has 0 spiro atoms. The number of rotatable bonds is 6. The number of aromatic nitrogens is 2. The number of hydrogen-bond acceptors (Lipinski definition) is 6. The van der Waals surface area contributed by atoms with Gasteiger partial charge in [0.15, 0.2) is 0 Å². The number of piperidine rings is 1. The lowest BCUT2D eigenvalue weighted by Crippen LogP contribution is -2.45. The number of non-ortho nitro benzene ring substituents is 1. The molecule has 8 nitrogen and oxygen atoms in total. The van der Waals surface area contributed by atoms with Crippen LogP contribution in [-0.2, 0) is 6.42 Å². The molecule has 1 amide bonds. The van der Waals surface area contributed by atoms with Crippen molar-refractivity contribution >= 4 is 11.6 Å². The molecule has 1 aliphatic heterocycles. The summed E-state index contributed by atoms with van der Waals surface area (Å²) < 4.78 is 19.4. The van der Waals surface area contributed by atoms with Gasteiger partial charge in [-0.15, -0.1) is 10.2 Å². The lowest BCUT2D eigenvalue weighted by Gasteiger charge is -2.35. The number of amides is 1. The van der Waals surface area contributed by atoms with E-state index in [0.29, 0.717) is 30.0 Å². The second kappa shape index (κ2) is 10.1. The van der Waals surface area contributed by atoms with E-state index in [2.05, 4.69) is 10.2 Å². The Morgan fingerprint density at radius 1 is 1.03 bits per heavy atom. The van der Waals surface area contributed by atoms with Gasteiger partial charge in [-0.05, 0) is 54.7 Å². The Morgan fingerprint density at radius 3 is 2.61 bits per heavy atom. The number of nitrogens with zero attached hydrogens (tertiary/aromatic N) is 4. The second-order valence-electron chi connectivity index (χ2n) is 8.72. The summed E-state index contributed by atoms with van der Waals surface area (Å²) in [6.07, 6.45) is 2.83. The SMILES string of the molecule is O=C(c1cc([N+](=O)[O-])ccc1-c1ccccc1)N1CCCC[C@H]1Cc1nnc(-c2cccc(F)c2)o1. The summed E-state index contributed by atoms with van der Waals surface area (Å²) in [5.41, 5.74) is 2.08. The maximum absolute atomic E-state index is 13.8. The third-order valence-electron chi connectivity index (χ3n) is 6.37. The van der Waals surface area contributed by atoms with Crippen LogP contribution in [0.1, 0.15) is 35.5 Å². The van der Waals surface area contributed by atoms with Crippen LogP contribution in [0.4, 0.5) is 10.1 Å². The van der Waals surface area contributed by atoms with E-state index in [4.69, 9.17) is 4.42 Å². The zero-order valence-corrected chi connectivity index (χ0v) is 19.3. The van der Waals surface area contributed by atoms with Crippen molar-refractivity contribution in [2.24, 2.45) is 0 Å². The fourth-order valence-electron chi connectivity index (χ4n) is 4.60. The molecule has 1 atom stereocenters. The van der Waals surface area contributed by atoms with Gasteiger partial charge in [-0.1, -0.05) is 36.4 Å². The molecule has 0 radical (unpaired) electrons. The van der Waals surface area contributed by atoms with Crippen molar-refractivity contribution in [3.63, 3.8) is 0 Å². The monoisotopic (exact) mass is 486 g/mol. The highest BCUT2D eigenvalue weighted by Gasteiger charge is 2.31. The van der Waals surface area contributed by atoms with E-state index in [-0.39, 0.29) is 29.1 Å². The molecule has 182 valence electrons. The van der Waals surface area contributed by atoms with Crippen molar-refractivity contribution in [2.75, 3.05) is 6.54 Å². The van der Waals surface area contributed by atoms with Crippen molar-refractivity contribution in [1.82, 2.24) is 15.1 Å². The van der Waals surface area contributed by atoms with Gasteiger partial charge < -0.3 is 9.32 Å². The lowest BCUT2D eigenvalue weighted by atomic mass is 9.94. The highest BCUT2D eigenvalue weighted by molar-refractivity contribution is 6.01. The molecule has 9 heteroatoms. The van der Waals surface area contributed by atoms with E-state index in [1.807, 2.05) is 30.3 Å². The van der Waals surface area contributed by atoms with Crippen molar-refractivity contribution in [1.29, 1.82) is 0 Å². The fourth-order valence-corrected chi connectivity index (χ4v) is 4.60. The molecular formula is C27H23FN4O4. The van der Waals surface area contributed by atoms with Gasteiger partial charge in [0, 0.05) is 36.7 Å². The highest BCUT2D eigenvalue weighted by Crippen LogP contribution is 2.31. The smallest absolute Gasteiger partial charge is 0.270 e. The van der Waals surface area contributed by atoms with Crippen molar-refractivity contribution in [2.45, 2.75) is 31.7 Å². The molecule has 0 aliphatic carbocycles. The molecular weight excluding hydrogens is 463 g/mol. The van der Waals surface area contributed by atoms with Gasteiger partial charge >= 0.3 is 0 Å².